The molecule has 13 heteroatoms. The maximum Gasteiger partial charge on any atom is 0.413 e. The van der Waals surface area contributed by atoms with E-state index in [2.05, 4.69) is 30.4 Å². The van der Waals surface area contributed by atoms with E-state index in [0.717, 1.165) is 17.8 Å². The van der Waals surface area contributed by atoms with Gasteiger partial charge in [0.05, 0.1) is 11.4 Å². The summed E-state index contributed by atoms with van der Waals surface area (Å²) in [5, 5.41) is 14.7. The normalized spacial score (nSPS) is 26.9. The van der Waals surface area contributed by atoms with Gasteiger partial charge in [-0.3, -0.25) is 4.40 Å². The van der Waals surface area contributed by atoms with E-state index < -0.39 is 16.1 Å². The van der Waals surface area contributed by atoms with Crippen molar-refractivity contribution >= 4 is 27.7 Å². The molecule has 3 heterocycles. The molecule has 12 nitrogen and oxygen atoms in total. The number of nitrogens with zero attached hydrogens (tertiary/aromatic N) is 6. The number of anilines is 1. The molecule has 1 amide bonds. The first-order valence-electron chi connectivity index (χ1n) is 12.5. The minimum Gasteiger partial charge on any atom is -0.393 e. The van der Waals surface area contributed by atoms with Crippen molar-refractivity contribution in [3.63, 3.8) is 0 Å². The van der Waals surface area contributed by atoms with Gasteiger partial charge in [0.1, 0.15) is 12.2 Å². The number of nitrogens with one attached hydrogen (secondary N) is 2. The van der Waals surface area contributed by atoms with Crippen molar-refractivity contribution in [2.45, 2.75) is 52.0 Å². The molecule has 4 aliphatic rings. The second kappa shape index (κ2) is 8.71. The molecule has 4 saturated carbocycles. The van der Waals surface area contributed by atoms with E-state index in [0.29, 0.717) is 23.8 Å². The second-order valence-corrected chi connectivity index (χ2v) is 12.6. The molecule has 2 N–H and O–H groups in total. The van der Waals surface area contributed by atoms with Gasteiger partial charge in [-0.1, -0.05) is 11.2 Å². The van der Waals surface area contributed by atoms with Crippen molar-refractivity contribution in [2.24, 2.45) is 23.2 Å². The summed E-state index contributed by atoms with van der Waals surface area (Å²) in [6, 6.07) is 5.30. The number of carbonyl (C=O) groups is 1. The zero-order chi connectivity index (χ0) is 24.9. The summed E-state index contributed by atoms with van der Waals surface area (Å²) >= 11 is 0. The number of pyridine rings is 1. The SMILES string of the molecule is CCS(=O)(=O)Nc1nnn(Cc2cn3c(OC(=O)NCC45CC6CC(CC(C6)C4)C5)cccc3n2)n1. The van der Waals surface area contributed by atoms with E-state index in [-0.39, 0.29) is 23.7 Å². The molecule has 4 bridgehead atoms. The van der Waals surface area contributed by atoms with Gasteiger partial charge in [0.15, 0.2) is 0 Å². The van der Waals surface area contributed by atoms with Crippen LogP contribution in [0.4, 0.5) is 10.7 Å². The van der Waals surface area contributed by atoms with Crippen molar-refractivity contribution in [2.75, 3.05) is 17.0 Å². The third kappa shape index (κ3) is 4.63. The van der Waals surface area contributed by atoms with Crippen LogP contribution in [0.2, 0.25) is 0 Å². The van der Waals surface area contributed by atoms with Crippen molar-refractivity contribution in [1.29, 1.82) is 0 Å². The van der Waals surface area contributed by atoms with Gasteiger partial charge in [-0.15, -0.1) is 5.10 Å². The molecule has 4 aliphatic carbocycles. The number of ether oxygens (including phenoxy) is 1. The third-order valence-electron chi connectivity index (χ3n) is 7.86. The number of amides is 1. The number of sulfonamides is 1. The Bertz CT molecular complexity index is 1360. The van der Waals surface area contributed by atoms with Gasteiger partial charge < -0.3 is 10.1 Å². The lowest BCUT2D eigenvalue weighted by molar-refractivity contribution is -0.0503. The number of aromatic nitrogens is 6. The summed E-state index contributed by atoms with van der Waals surface area (Å²) in [6.07, 6.45) is 9.04. The van der Waals surface area contributed by atoms with Gasteiger partial charge >= 0.3 is 6.09 Å². The van der Waals surface area contributed by atoms with Crippen LogP contribution in [0.15, 0.2) is 24.4 Å². The Hall–Kier alpha value is -3.22. The van der Waals surface area contributed by atoms with Gasteiger partial charge in [0, 0.05) is 12.7 Å². The number of hydrogen-bond donors (Lipinski definition) is 2. The highest BCUT2D eigenvalue weighted by molar-refractivity contribution is 7.92. The number of fused-ring (bicyclic) bond motifs is 1. The number of imidazole rings is 1. The van der Waals surface area contributed by atoms with Gasteiger partial charge in [-0.05, 0) is 86.0 Å². The molecule has 3 aromatic heterocycles. The molecular formula is C23H30N8O4S. The summed E-state index contributed by atoms with van der Waals surface area (Å²) in [5.74, 6) is 2.66. The average Bonchev–Trinajstić information content (AvgIpc) is 3.43. The lowest BCUT2D eigenvalue weighted by Gasteiger charge is -2.56. The molecule has 36 heavy (non-hydrogen) atoms. The summed E-state index contributed by atoms with van der Waals surface area (Å²) < 4.78 is 33.0. The van der Waals surface area contributed by atoms with Crippen molar-refractivity contribution < 1.29 is 17.9 Å². The van der Waals surface area contributed by atoms with Crippen LogP contribution in [-0.2, 0) is 16.6 Å². The minimum atomic E-state index is -3.49. The molecule has 3 aromatic rings. The van der Waals surface area contributed by atoms with E-state index in [4.69, 9.17) is 4.74 Å². The molecule has 0 aromatic carbocycles. The largest absolute Gasteiger partial charge is 0.413 e. The van der Waals surface area contributed by atoms with Crippen LogP contribution >= 0.6 is 0 Å². The third-order valence-corrected chi connectivity index (χ3v) is 9.11. The molecule has 0 spiro atoms. The summed E-state index contributed by atoms with van der Waals surface area (Å²) in [6.45, 7) is 2.36. The Morgan fingerprint density at radius 3 is 2.58 bits per heavy atom. The lowest BCUT2D eigenvalue weighted by Crippen LogP contribution is -2.51. The van der Waals surface area contributed by atoms with E-state index >= 15 is 0 Å². The summed E-state index contributed by atoms with van der Waals surface area (Å²) in [4.78, 5) is 18.5. The first-order valence-corrected chi connectivity index (χ1v) is 14.1. The summed E-state index contributed by atoms with van der Waals surface area (Å²) in [5.41, 5.74) is 1.43. The monoisotopic (exact) mass is 514 g/mol. The lowest BCUT2D eigenvalue weighted by atomic mass is 9.49. The molecule has 0 saturated heterocycles. The molecule has 4 fully saturated rings. The molecule has 192 valence electrons. The van der Waals surface area contributed by atoms with E-state index in [1.807, 2.05) is 0 Å². The minimum absolute atomic E-state index is 0.0904. The number of carbonyl (C=O) groups excluding carboxylic acids is 1. The fourth-order valence-electron chi connectivity index (χ4n) is 6.80. The number of hydrogen-bond acceptors (Lipinski definition) is 8. The van der Waals surface area contributed by atoms with Crippen LogP contribution in [-0.4, -0.2) is 56.4 Å². The van der Waals surface area contributed by atoms with Crippen LogP contribution < -0.4 is 14.8 Å². The second-order valence-electron chi connectivity index (χ2n) is 10.6. The first-order chi connectivity index (χ1) is 17.3. The smallest absolute Gasteiger partial charge is 0.393 e. The predicted octanol–water partition coefficient (Wildman–Crippen LogP) is 2.44. The van der Waals surface area contributed by atoms with Crippen molar-refractivity contribution in [3.05, 3.63) is 30.1 Å². The predicted molar refractivity (Wildman–Crippen MR) is 130 cm³/mol. The van der Waals surface area contributed by atoms with E-state index in [1.54, 1.807) is 28.8 Å². The van der Waals surface area contributed by atoms with Crippen LogP contribution in [0.5, 0.6) is 5.88 Å². The highest BCUT2D eigenvalue weighted by atomic mass is 32.2. The zero-order valence-electron chi connectivity index (χ0n) is 20.1. The highest BCUT2D eigenvalue weighted by Gasteiger charge is 2.50. The van der Waals surface area contributed by atoms with Gasteiger partial charge in [-0.25, -0.2) is 22.9 Å². The Balaban J connectivity index is 1.11. The van der Waals surface area contributed by atoms with Crippen LogP contribution in [0, 0.1) is 23.2 Å². The van der Waals surface area contributed by atoms with Crippen molar-refractivity contribution in [1.82, 2.24) is 34.9 Å². The first kappa shape index (κ1) is 23.2. The molecule has 0 atom stereocenters. The zero-order valence-corrected chi connectivity index (χ0v) is 20.9. The Labute approximate surface area is 208 Å². The van der Waals surface area contributed by atoms with Crippen LogP contribution in [0.3, 0.4) is 0 Å². The van der Waals surface area contributed by atoms with Crippen LogP contribution in [0.25, 0.3) is 5.65 Å². The molecule has 0 radical (unpaired) electrons. The summed E-state index contributed by atoms with van der Waals surface area (Å²) in [7, 11) is -3.49. The molecule has 0 aliphatic heterocycles. The van der Waals surface area contributed by atoms with E-state index in [9.17, 15) is 13.2 Å². The average molecular weight is 515 g/mol. The maximum atomic E-state index is 12.7. The van der Waals surface area contributed by atoms with Gasteiger partial charge in [-0.2, -0.15) is 4.80 Å². The van der Waals surface area contributed by atoms with Gasteiger partial charge in [0.2, 0.25) is 15.9 Å². The Morgan fingerprint density at radius 1 is 1.17 bits per heavy atom. The highest BCUT2D eigenvalue weighted by Crippen LogP contribution is 2.59. The fourth-order valence-corrected chi connectivity index (χ4v) is 7.30. The molecule has 7 rings (SSSR count). The fraction of sp³-hybridized carbons (Fsp3) is 0.609. The topological polar surface area (TPSA) is 145 Å². The standard InChI is InChI=1S/C23H30N8O4S/c1-2-36(33,34)28-21-26-29-31(27-21)13-18-12-30-19(25-18)4-3-5-20(30)35-22(32)24-14-23-9-15-6-16(10-23)8-17(7-15)11-23/h3-5,12,15-17H,2,6-11,13-14H2,1H3,(H,24,32)(H,27,28). The number of rotatable bonds is 8. The van der Waals surface area contributed by atoms with Gasteiger partial charge in [0.25, 0.3) is 5.95 Å². The van der Waals surface area contributed by atoms with E-state index in [1.165, 1.54) is 50.2 Å². The van der Waals surface area contributed by atoms with Crippen molar-refractivity contribution in [3.8, 4) is 5.88 Å². The molecular weight excluding hydrogens is 484 g/mol. The maximum absolute atomic E-state index is 12.7. The molecule has 0 unspecified atom stereocenters. The Morgan fingerprint density at radius 2 is 1.89 bits per heavy atom. The Kier molecular flexibility index (Phi) is 5.61. The quantitative estimate of drug-likeness (QED) is 0.466. The van der Waals surface area contributed by atoms with Crippen LogP contribution in [0.1, 0.15) is 51.1 Å². The number of tetrazole rings is 1.